The predicted octanol–water partition coefficient (Wildman–Crippen LogP) is 2.86. The zero-order valence-corrected chi connectivity index (χ0v) is 10.1. The summed E-state index contributed by atoms with van der Waals surface area (Å²) >= 11 is 0. The molecular formula is C16H15NO. The van der Waals surface area contributed by atoms with E-state index in [1.165, 1.54) is 11.1 Å². The first-order valence-corrected chi connectivity index (χ1v) is 6.24. The van der Waals surface area contributed by atoms with Crippen LogP contribution in [0.25, 0.3) is 0 Å². The molecule has 0 spiro atoms. The Bertz CT molecular complexity index is 604. The first-order chi connectivity index (χ1) is 8.77. The first-order valence-electron chi connectivity index (χ1n) is 6.24. The van der Waals surface area contributed by atoms with Gasteiger partial charge in [0.15, 0.2) is 0 Å². The van der Waals surface area contributed by atoms with Crippen LogP contribution in [0.4, 0.5) is 0 Å². The highest BCUT2D eigenvalue weighted by Crippen LogP contribution is 2.39. The highest BCUT2D eigenvalue weighted by Gasteiger charge is 2.26. The van der Waals surface area contributed by atoms with Gasteiger partial charge in [0.1, 0.15) is 0 Å². The third-order valence-electron chi connectivity index (χ3n) is 3.73. The summed E-state index contributed by atoms with van der Waals surface area (Å²) in [6.45, 7) is 0. The van der Waals surface area contributed by atoms with Crippen molar-refractivity contribution in [2.24, 2.45) is 5.73 Å². The molecule has 1 atom stereocenters. The summed E-state index contributed by atoms with van der Waals surface area (Å²) < 4.78 is 0. The summed E-state index contributed by atoms with van der Waals surface area (Å²) in [5, 5.41) is 0. The van der Waals surface area contributed by atoms with Crippen molar-refractivity contribution in [3.05, 3.63) is 70.8 Å². The maximum Gasteiger partial charge on any atom is 0.248 e. The fourth-order valence-electron chi connectivity index (χ4n) is 2.91. The van der Waals surface area contributed by atoms with E-state index in [0.29, 0.717) is 11.5 Å². The number of hydrogen-bond acceptors (Lipinski definition) is 1. The van der Waals surface area contributed by atoms with Crippen molar-refractivity contribution in [2.45, 2.75) is 18.8 Å². The lowest BCUT2D eigenvalue weighted by molar-refractivity contribution is 0.0999. The zero-order valence-electron chi connectivity index (χ0n) is 10.1. The Kier molecular flexibility index (Phi) is 2.63. The molecule has 1 aliphatic carbocycles. The lowest BCUT2D eigenvalue weighted by atomic mass is 9.89. The van der Waals surface area contributed by atoms with Gasteiger partial charge < -0.3 is 5.73 Å². The van der Waals surface area contributed by atoms with Crippen molar-refractivity contribution < 1.29 is 4.79 Å². The van der Waals surface area contributed by atoms with Crippen molar-refractivity contribution in [1.82, 2.24) is 0 Å². The van der Waals surface area contributed by atoms with Gasteiger partial charge in [-0.3, -0.25) is 4.79 Å². The Morgan fingerprint density at radius 2 is 1.67 bits per heavy atom. The minimum atomic E-state index is -0.338. The molecule has 0 aromatic heterocycles. The number of carbonyl (C=O) groups is 1. The molecule has 0 heterocycles. The van der Waals surface area contributed by atoms with Gasteiger partial charge in [0.25, 0.3) is 0 Å². The molecule has 0 radical (unpaired) electrons. The van der Waals surface area contributed by atoms with Crippen LogP contribution >= 0.6 is 0 Å². The summed E-state index contributed by atoms with van der Waals surface area (Å²) in [4.78, 5) is 11.5. The van der Waals surface area contributed by atoms with Crippen LogP contribution in [0, 0.1) is 0 Å². The maximum atomic E-state index is 11.5. The summed E-state index contributed by atoms with van der Waals surface area (Å²) in [5.41, 5.74) is 9.91. The Hall–Kier alpha value is -2.09. The fourth-order valence-corrected chi connectivity index (χ4v) is 2.91. The molecule has 18 heavy (non-hydrogen) atoms. The summed E-state index contributed by atoms with van der Waals surface area (Å²) in [7, 11) is 0. The number of aryl methyl sites for hydroxylation is 1. The second-order valence-electron chi connectivity index (χ2n) is 4.74. The van der Waals surface area contributed by atoms with Gasteiger partial charge in [0, 0.05) is 11.5 Å². The van der Waals surface area contributed by atoms with Gasteiger partial charge >= 0.3 is 0 Å². The molecule has 2 aromatic rings. The largest absolute Gasteiger partial charge is 0.366 e. The third kappa shape index (κ3) is 1.70. The molecule has 0 saturated carbocycles. The van der Waals surface area contributed by atoms with Crippen LogP contribution < -0.4 is 5.73 Å². The summed E-state index contributed by atoms with van der Waals surface area (Å²) in [5.74, 6) is -0.0279. The second-order valence-corrected chi connectivity index (χ2v) is 4.74. The van der Waals surface area contributed by atoms with Gasteiger partial charge in [-0.1, -0.05) is 42.5 Å². The molecule has 3 rings (SSSR count). The van der Waals surface area contributed by atoms with Gasteiger partial charge in [0.2, 0.25) is 5.91 Å². The van der Waals surface area contributed by atoms with E-state index in [0.717, 1.165) is 18.4 Å². The van der Waals surface area contributed by atoms with Crippen molar-refractivity contribution in [3.63, 3.8) is 0 Å². The highest BCUT2D eigenvalue weighted by molar-refractivity contribution is 5.94. The Balaban J connectivity index is 2.10. The lowest BCUT2D eigenvalue weighted by Crippen LogP contribution is -2.15. The van der Waals surface area contributed by atoms with E-state index < -0.39 is 0 Å². The molecule has 1 amide bonds. The summed E-state index contributed by atoms with van der Waals surface area (Å²) in [6, 6.07) is 16.1. The van der Waals surface area contributed by atoms with Crippen LogP contribution in [-0.2, 0) is 6.42 Å². The van der Waals surface area contributed by atoms with E-state index in [1.54, 1.807) is 0 Å². The highest BCUT2D eigenvalue weighted by atomic mass is 16.1. The molecular weight excluding hydrogens is 222 g/mol. The van der Waals surface area contributed by atoms with Crippen molar-refractivity contribution in [2.75, 3.05) is 0 Å². The first kappa shape index (κ1) is 11.0. The van der Waals surface area contributed by atoms with Crippen molar-refractivity contribution >= 4 is 5.91 Å². The topological polar surface area (TPSA) is 43.1 Å². The molecule has 90 valence electrons. The average Bonchev–Trinajstić information content (AvgIpc) is 2.82. The molecule has 0 saturated heterocycles. The number of fused-ring (bicyclic) bond motifs is 1. The van der Waals surface area contributed by atoms with Crippen LogP contribution in [0.1, 0.15) is 39.4 Å². The molecule has 1 unspecified atom stereocenters. The van der Waals surface area contributed by atoms with Crippen LogP contribution in [0.5, 0.6) is 0 Å². The standard InChI is InChI=1S/C16H15NO/c17-16(18)15-8-4-3-7-13(15)14-10-9-11-5-1-2-6-12(11)14/h1-8,14H,9-10H2,(H2,17,18). The van der Waals surface area contributed by atoms with Crippen molar-refractivity contribution in [1.29, 1.82) is 0 Å². The predicted molar refractivity (Wildman–Crippen MR) is 71.6 cm³/mol. The number of carbonyl (C=O) groups excluding carboxylic acids is 1. The van der Waals surface area contributed by atoms with Crippen LogP contribution in [0.2, 0.25) is 0 Å². The Morgan fingerprint density at radius 3 is 2.44 bits per heavy atom. The van der Waals surface area contributed by atoms with Crippen LogP contribution in [-0.4, -0.2) is 5.91 Å². The van der Waals surface area contributed by atoms with Gasteiger partial charge in [0.05, 0.1) is 0 Å². The van der Waals surface area contributed by atoms with E-state index in [9.17, 15) is 4.79 Å². The van der Waals surface area contributed by atoms with E-state index >= 15 is 0 Å². The van der Waals surface area contributed by atoms with Crippen LogP contribution in [0.3, 0.4) is 0 Å². The van der Waals surface area contributed by atoms with Gasteiger partial charge in [-0.15, -0.1) is 0 Å². The van der Waals surface area contributed by atoms with Gasteiger partial charge in [-0.25, -0.2) is 0 Å². The van der Waals surface area contributed by atoms with Crippen molar-refractivity contribution in [3.8, 4) is 0 Å². The maximum absolute atomic E-state index is 11.5. The number of hydrogen-bond donors (Lipinski definition) is 1. The molecule has 2 nitrogen and oxygen atoms in total. The quantitative estimate of drug-likeness (QED) is 0.857. The number of rotatable bonds is 2. The molecule has 0 aliphatic heterocycles. The SMILES string of the molecule is NC(=O)c1ccccc1C1CCc2ccccc21. The number of nitrogens with two attached hydrogens (primary N) is 1. The normalized spacial score (nSPS) is 17.4. The van der Waals surface area contributed by atoms with E-state index in [2.05, 4.69) is 24.3 Å². The van der Waals surface area contributed by atoms with E-state index in [4.69, 9.17) is 5.73 Å². The molecule has 1 aliphatic rings. The fraction of sp³-hybridized carbons (Fsp3) is 0.188. The van der Waals surface area contributed by atoms with Crippen LogP contribution in [0.15, 0.2) is 48.5 Å². The third-order valence-corrected chi connectivity index (χ3v) is 3.73. The smallest absolute Gasteiger partial charge is 0.248 e. The summed E-state index contributed by atoms with van der Waals surface area (Å²) in [6.07, 6.45) is 2.14. The van der Waals surface area contributed by atoms with Gasteiger partial charge in [-0.05, 0) is 35.6 Å². The average molecular weight is 237 g/mol. The lowest BCUT2D eigenvalue weighted by Gasteiger charge is -2.15. The molecule has 0 bridgehead atoms. The molecule has 2 N–H and O–H groups in total. The second kappa shape index (κ2) is 4.30. The number of primary amides is 1. The Morgan fingerprint density at radius 1 is 1.00 bits per heavy atom. The van der Waals surface area contributed by atoms with Gasteiger partial charge in [-0.2, -0.15) is 0 Å². The minimum absolute atomic E-state index is 0.310. The minimum Gasteiger partial charge on any atom is -0.366 e. The molecule has 2 heteroatoms. The zero-order chi connectivity index (χ0) is 12.5. The monoisotopic (exact) mass is 237 g/mol. The molecule has 0 fully saturated rings. The van der Waals surface area contributed by atoms with E-state index in [1.807, 2.05) is 24.3 Å². The number of amides is 1. The number of benzene rings is 2. The molecule has 2 aromatic carbocycles. The Labute approximate surface area is 106 Å². The van der Waals surface area contributed by atoms with E-state index in [-0.39, 0.29) is 5.91 Å².